The molecule has 0 radical (unpaired) electrons. The van der Waals surface area contributed by atoms with Crippen LogP contribution in [-0.4, -0.2) is 41.2 Å². The highest BCUT2D eigenvalue weighted by Crippen LogP contribution is 2.19. The van der Waals surface area contributed by atoms with Gasteiger partial charge in [-0.15, -0.1) is 0 Å². The molecule has 1 amide bonds. The summed E-state index contributed by atoms with van der Waals surface area (Å²) in [5, 5.41) is 11.8. The van der Waals surface area contributed by atoms with Crippen LogP contribution >= 0.6 is 0 Å². The third kappa shape index (κ3) is 3.78. The van der Waals surface area contributed by atoms with Crippen LogP contribution in [0, 0.1) is 6.92 Å². The highest BCUT2D eigenvalue weighted by Gasteiger charge is 2.35. The molecule has 1 unspecified atom stereocenters. The van der Waals surface area contributed by atoms with Gasteiger partial charge in [-0.05, 0) is 26.0 Å². The summed E-state index contributed by atoms with van der Waals surface area (Å²) in [6, 6.07) is 13.0. The van der Waals surface area contributed by atoms with Crippen LogP contribution in [-0.2, 0) is 9.53 Å². The maximum absolute atomic E-state index is 12.4. The molecule has 1 heterocycles. The number of methoxy groups -OCH3 is 1. The molecular formula is C18H20N2O4. The molecule has 1 atom stereocenters. The van der Waals surface area contributed by atoms with Crippen molar-refractivity contribution in [2.45, 2.75) is 19.4 Å². The largest absolute Gasteiger partial charge is 0.479 e. The first-order chi connectivity index (χ1) is 11.4. The Morgan fingerprint density at radius 2 is 1.88 bits per heavy atom. The number of pyridine rings is 1. The summed E-state index contributed by atoms with van der Waals surface area (Å²) in [5.41, 5.74) is 1.05. The Bertz CT molecular complexity index is 746. The van der Waals surface area contributed by atoms with Crippen molar-refractivity contribution in [2.75, 3.05) is 13.7 Å². The second-order valence-electron chi connectivity index (χ2n) is 5.72. The topological polar surface area (TPSA) is 88.5 Å². The number of aromatic nitrogens is 1. The molecule has 0 fully saturated rings. The molecule has 24 heavy (non-hydrogen) atoms. The highest BCUT2D eigenvalue weighted by molar-refractivity contribution is 5.98. The van der Waals surface area contributed by atoms with Crippen molar-refractivity contribution >= 4 is 11.9 Å². The van der Waals surface area contributed by atoms with Crippen LogP contribution in [0.4, 0.5) is 0 Å². The molecule has 6 heteroatoms. The van der Waals surface area contributed by atoms with Gasteiger partial charge in [0, 0.05) is 12.7 Å². The van der Waals surface area contributed by atoms with Gasteiger partial charge in [-0.1, -0.05) is 30.3 Å². The lowest BCUT2D eigenvalue weighted by atomic mass is 10.0. The number of carbonyl (C=O) groups is 2. The van der Waals surface area contributed by atoms with E-state index < -0.39 is 17.4 Å². The molecule has 0 aliphatic carbocycles. The number of rotatable bonds is 6. The molecule has 0 spiro atoms. The van der Waals surface area contributed by atoms with Gasteiger partial charge >= 0.3 is 5.97 Å². The Morgan fingerprint density at radius 1 is 1.21 bits per heavy atom. The number of aryl methyl sites for hydroxylation is 1. The number of hydrogen-bond acceptors (Lipinski definition) is 4. The first-order valence-corrected chi connectivity index (χ1v) is 7.45. The van der Waals surface area contributed by atoms with E-state index in [1.165, 1.54) is 14.0 Å². The van der Waals surface area contributed by atoms with Crippen LogP contribution in [0.2, 0.25) is 0 Å². The van der Waals surface area contributed by atoms with Crippen LogP contribution in [0.3, 0.4) is 0 Å². The van der Waals surface area contributed by atoms with Crippen LogP contribution in [0.25, 0.3) is 11.3 Å². The van der Waals surface area contributed by atoms with Crippen LogP contribution in [0.1, 0.15) is 23.0 Å². The summed E-state index contributed by atoms with van der Waals surface area (Å²) < 4.78 is 4.90. The minimum atomic E-state index is -1.50. The fourth-order valence-electron chi connectivity index (χ4n) is 2.33. The Hall–Kier alpha value is -2.73. The summed E-state index contributed by atoms with van der Waals surface area (Å²) in [7, 11) is 1.38. The summed E-state index contributed by atoms with van der Waals surface area (Å²) >= 11 is 0. The maximum atomic E-state index is 12.4. The zero-order valence-corrected chi connectivity index (χ0v) is 13.9. The lowest BCUT2D eigenvalue weighted by Crippen LogP contribution is -2.55. The standard InChI is InChI=1S/C18H20N2O4/c1-12-14(16(21)20-18(2,11-24-3)17(22)23)9-10-15(19-12)13-7-5-4-6-8-13/h4-10H,11H2,1-3H3,(H,20,21)(H,22,23). The fraction of sp³-hybridized carbons (Fsp3) is 0.278. The number of aliphatic carboxylic acids is 1. The Labute approximate surface area is 140 Å². The van der Waals surface area contributed by atoms with Gasteiger partial charge in [-0.25, -0.2) is 4.79 Å². The predicted molar refractivity (Wildman–Crippen MR) is 89.8 cm³/mol. The highest BCUT2D eigenvalue weighted by atomic mass is 16.5. The number of benzene rings is 1. The van der Waals surface area contributed by atoms with Gasteiger partial charge in [-0.2, -0.15) is 0 Å². The molecule has 2 aromatic rings. The fourth-order valence-corrected chi connectivity index (χ4v) is 2.33. The van der Waals surface area contributed by atoms with Gasteiger partial charge in [0.15, 0.2) is 5.54 Å². The van der Waals surface area contributed by atoms with Crippen molar-refractivity contribution in [3.8, 4) is 11.3 Å². The average molecular weight is 328 g/mol. The number of carboxylic acid groups (broad SMARTS) is 1. The number of nitrogens with zero attached hydrogens (tertiary/aromatic N) is 1. The van der Waals surface area contributed by atoms with Crippen molar-refractivity contribution < 1.29 is 19.4 Å². The molecule has 6 nitrogen and oxygen atoms in total. The van der Waals surface area contributed by atoms with E-state index in [-0.39, 0.29) is 6.61 Å². The van der Waals surface area contributed by atoms with Gasteiger partial charge in [0.05, 0.1) is 23.6 Å². The lowest BCUT2D eigenvalue weighted by molar-refractivity contribution is -0.145. The van der Waals surface area contributed by atoms with Crippen molar-refractivity contribution in [1.82, 2.24) is 10.3 Å². The number of carbonyl (C=O) groups excluding carboxylic acids is 1. The zero-order chi connectivity index (χ0) is 17.7. The van der Waals surface area contributed by atoms with E-state index in [2.05, 4.69) is 10.3 Å². The molecule has 0 bridgehead atoms. The van der Waals surface area contributed by atoms with Crippen LogP contribution < -0.4 is 5.32 Å². The molecule has 1 aromatic carbocycles. The molecule has 126 valence electrons. The second-order valence-corrected chi connectivity index (χ2v) is 5.72. The summed E-state index contributed by atoms with van der Waals surface area (Å²) in [6.07, 6.45) is 0. The van der Waals surface area contributed by atoms with E-state index in [0.717, 1.165) is 11.3 Å². The quantitative estimate of drug-likeness (QED) is 0.849. The number of amides is 1. The van der Waals surface area contributed by atoms with Gasteiger partial charge in [0.1, 0.15) is 0 Å². The van der Waals surface area contributed by atoms with E-state index in [0.29, 0.717) is 11.3 Å². The smallest absolute Gasteiger partial charge is 0.331 e. The normalized spacial score (nSPS) is 13.1. The summed E-state index contributed by atoms with van der Waals surface area (Å²) in [5.74, 6) is -1.66. The molecule has 2 N–H and O–H groups in total. The number of carboxylic acids is 1. The van der Waals surface area contributed by atoms with E-state index in [4.69, 9.17) is 4.74 Å². The molecule has 0 saturated carbocycles. The molecular weight excluding hydrogens is 308 g/mol. The summed E-state index contributed by atoms with van der Waals surface area (Å²) in [4.78, 5) is 28.3. The lowest BCUT2D eigenvalue weighted by Gasteiger charge is -2.25. The van der Waals surface area contributed by atoms with E-state index in [9.17, 15) is 14.7 Å². The predicted octanol–water partition coefficient (Wildman–Crippen LogP) is 2.28. The summed E-state index contributed by atoms with van der Waals surface area (Å²) in [6.45, 7) is 2.98. The zero-order valence-electron chi connectivity index (χ0n) is 13.9. The van der Waals surface area contributed by atoms with Crippen LogP contribution in [0.5, 0.6) is 0 Å². The van der Waals surface area contributed by atoms with E-state index >= 15 is 0 Å². The maximum Gasteiger partial charge on any atom is 0.331 e. The second kappa shape index (κ2) is 7.23. The van der Waals surface area contributed by atoms with Crippen molar-refractivity contribution in [3.05, 3.63) is 53.7 Å². The minimum absolute atomic E-state index is 0.136. The van der Waals surface area contributed by atoms with Crippen molar-refractivity contribution in [2.24, 2.45) is 0 Å². The third-order valence-corrected chi connectivity index (χ3v) is 3.69. The SMILES string of the molecule is COCC(C)(NC(=O)c1ccc(-c2ccccc2)nc1C)C(=O)O. The molecule has 0 aliphatic heterocycles. The van der Waals surface area contributed by atoms with Gasteiger partial charge in [0.2, 0.25) is 0 Å². The van der Waals surface area contributed by atoms with Crippen molar-refractivity contribution in [1.29, 1.82) is 0 Å². The number of hydrogen-bond donors (Lipinski definition) is 2. The van der Waals surface area contributed by atoms with E-state index in [1.54, 1.807) is 19.1 Å². The molecule has 0 aliphatic rings. The van der Waals surface area contributed by atoms with Gasteiger partial charge in [0.25, 0.3) is 5.91 Å². The molecule has 2 rings (SSSR count). The molecule has 1 aromatic heterocycles. The van der Waals surface area contributed by atoms with Crippen LogP contribution in [0.15, 0.2) is 42.5 Å². The first kappa shape index (κ1) is 17.6. The number of nitrogens with one attached hydrogen (secondary N) is 1. The first-order valence-electron chi connectivity index (χ1n) is 7.45. The van der Waals surface area contributed by atoms with Crippen molar-refractivity contribution in [3.63, 3.8) is 0 Å². The van der Waals surface area contributed by atoms with Gasteiger partial charge < -0.3 is 15.2 Å². The van der Waals surface area contributed by atoms with Gasteiger partial charge in [-0.3, -0.25) is 9.78 Å². The van der Waals surface area contributed by atoms with E-state index in [1.807, 2.05) is 30.3 Å². The monoisotopic (exact) mass is 328 g/mol. The Balaban J connectivity index is 2.26. The Morgan fingerprint density at radius 3 is 2.42 bits per heavy atom. The average Bonchev–Trinajstić information content (AvgIpc) is 2.55. The number of ether oxygens (including phenoxy) is 1. The Kier molecular flexibility index (Phi) is 5.31. The minimum Gasteiger partial charge on any atom is -0.479 e. The third-order valence-electron chi connectivity index (χ3n) is 3.69. The molecule has 0 saturated heterocycles.